The Morgan fingerprint density at radius 2 is 1.85 bits per heavy atom. The van der Waals surface area contributed by atoms with Crippen molar-refractivity contribution in [1.29, 1.82) is 0 Å². The van der Waals surface area contributed by atoms with E-state index < -0.39 is 0 Å². The first-order chi connectivity index (χ1) is 16.2. The molecule has 0 aliphatic rings. The first-order valence-corrected chi connectivity index (χ1v) is 11.2. The highest BCUT2D eigenvalue weighted by molar-refractivity contribution is 5.97. The van der Waals surface area contributed by atoms with Crippen molar-refractivity contribution >= 4 is 5.91 Å². The second-order valence-corrected chi connectivity index (χ2v) is 7.83. The van der Waals surface area contributed by atoms with Gasteiger partial charge in [-0.05, 0) is 48.9 Å². The maximum absolute atomic E-state index is 13.8. The number of rotatable bonds is 10. The zero-order valence-electron chi connectivity index (χ0n) is 18.7. The summed E-state index contributed by atoms with van der Waals surface area (Å²) in [6, 6.07) is 20.3. The lowest BCUT2D eigenvalue weighted by atomic mass is 10.2. The average Bonchev–Trinajstić information content (AvgIpc) is 3.51. The van der Waals surface area contributed by atoms with E-state index >= 15 is 0 Å². The largest absolute Gasteiger partial charge is 0.352 e. The highest BCUT2D eigenvalue weighted by atomic mass is 19.1. The highest BCUT2D eigenvalue weighted by Crippen LogP contribution is 2.20. The molecule has 0 atom stereocenters. The van der Waals surface area contributed by atoms with E-state index in [0.717, 1.165) is 26.1 Å². The van der Waals surface area contributed by atoms with Crippen LogP contribution in [-0.4, -0.2) is 44.8 Å². The quantitative estimate of drug-likeness (QED) is 0.367. The van der Waals surface area contributed by atoms with Gasteiger partial charge in [-0.3, -0.25) is 9.69 Å². The predicted octanol–water partition coefficient (Wildman–Crippen LogP) is 4.44. The maximum Gasteiger partial charge on any atom is 0.256 e. The summed E-state index contributed by atoms with van der Waals surface area (Å²) in [7, 11) is 0. The Balaban J connectivity index is 1.42. The molecule has 0 radical (unpaired) electrons. The van der Waals surface area contributed by atoms with E-state index in [1.54, 1.807) is 16.8 Å². The van der Waals surface area contributed by atoms with Crippen LogP contribution in [0.2, 0.25) is 0 Å². The molecule has 6 nitrogen and oxygen atoms in total. The molecule has 0 fully saturated rings. The van der Waals surface area contributed by atoms with Crippen LogP contribution in [-0.2, 0) is 6.54 Å². The average molecular weight is 446 g/mol. The molecule has 0 bridgehead atoms. The maximum atomic E-state index is 13.8. The predicted molar refractivity (Wildman–Crippen MR) is 127 cm³/mol. The van der Waals surface area contributed by atoms with E-state index in [2.05, 4.69) is 46.5 Å². The Kier molecular flexibility index (Phi) is 7.32. The van der Waals surface area contributed by atoms with Crippen LogP contribution in [0.25, 0.3) is 11.5 Å². The molecule has 0 aliphatic carbocycles. The highest BCUT2D eigenvalue weighted by Gasteiger charge is 2.20. The Labute approximate surface area is 193 Å². The Morgan fingerprint density at radius 3 is 2.58 bits per heavy atom. The molecule has 2 aromatic carbocycles. The third-order valence-corrected chi connectivity index (χ3v) is 5.52. The molecular weight excluding hydrogens is 417 g/mol. The fourth-order valence-corrected chi connectivity index (χ4v) is 3.81. The molecule has 2 aromatic heterocycles. The number of carbonyl (C=O) groups excluding carboxylic acids is 1. The van der Waals surface area contributed by atoms with Gasteiger partial charge >= 0.3 is 0 Å². The van der Waals surface area contributed by atoms with E-state index in [1.807, 2.05) is 35.2 Å². The lowest BCUT2D eigenvalue weighted by Crippen LogP contribution is -2.30. The van der Waals surface area contributed by atoms with E-state index in [9.17, 15) is 9.18 Å². The van der Waals surface area contributed by atoms with Crippen molar-refractivity contribution in [1.82, 2.24) is 24.6 Å². The van der Waals surface area contributed by atoms with Gasteiger partial charge in [-0.2, -0.15) is 5.10 Å². The number of nitrogens with one attached hydrogen (secondary N) is 1. The van der Waals surface area contributed by atoms with Gasteiger partial charge in [0.1, 0.15) is 11.4 Å². The second kappa shape index (κ2) is 10.7. The van der Waals surface area contributed by atoms with Gasteiger partial charge in [0, 0.05) is 32.0 Å². The van der Waals surface area contributed by atoms with Gasteiger partial charge in [0.25, 0.3) is 5.91 Å². The molecule has 33 heavy (non-hydrogen) atoms. The third-order valence-electron chi connectivity index (χ3n) is 5.52. The molecule has 4 aromatic rings. The van der Waals surface area contributed by atoms with Gasteiger partial charge in [0.15, 0.2) is 5.82 Å². The second-order valence-electron chi connectivity index (χ2n) is 7.83. The molecule has 4 rings (SSSR count). The zero-order chi connectivity index (χ0) is 23.0. The summed E-state index contributed by atoms with van der Waals surface area (Å²) in [4.78, 5) is 15.4. The summed E-state index contributed by atoms with van der Waals surface area (Å²) in [6.45, 7) is 5.43. The number of hydrogen-bond acceptors (Lipinski definition) is 3. The van der Waals surface area contributed by atoms with Crippen LogP contribution < -0.4 is 5.32 Å². The molecule has 0 saturated carbocycles. The fourth-order valence-electron chi connectivity index (χ4n) is 3.81. The smallest absolute Gasteiger partial charge is 0.256 e. The number of halogens is 1. The van der Waals surface area contributed by atoms with Gasteiger partial charge in [-0.25, -0.2) is 9.07 Å². The molecule has 0 aliphatic heterocycles. The van der Waals surface area contributed by atoms with Crippen molar-refractivity contribution in [2.45, 2.75) is 19.9 Å². The van der Waals surface area contributed by atoms with Crippen molar-refractivity contribution in [3.05, 3.63) is 102 Å². The van der Waals surface area contributed by atoms with Crippen LogP contribution in [0.15, 0.2) is 85.3 Å². The van der Waals surface area contributed by atoms with Gasteiger partial charge in [0.05, 0.1) is 11.9 Å². The Bertz CT molecular complexity index is 1170. The van der Waals surface area contributed by atoms with Crippen LogP contribution >= 0.6 is 0 Å². The standard InChI is InChI=1S/C26H28FN5O/c1-2-30(20-21-10-4-3-5-11-21)15-9-14-28-25(33)24-19-29-32(23-13-8-12-22(27)18-23)26(24)31-16-6-7-17-31/h3-8,10-13,16-19H,2,9,14-15,20H2,1H3,(H,28,33). The van der Waals surface area contributed by atoms with Crippen LogP contribution in [0.3, 0.4) is 0 Å². The first kappa shape index (κ1) is 22.5. The van der Waals surface area contributed by atoms with Crippen molar-refractivity contribution in [2.24, 2.45) is 0 Å². The molecule has 170 valence electrons. The van der Waals surface area contributed by atoms with Crippen LogP contribution in [0, 0.1) is 5.82 Å². The lowest BCUT2D eigenvalue weighted by Gasteiger charge is -2.20. The summed E-state index contributed by atoms with van der Waals surface area (Å²) in [5.74, 6) is 0.0123. The minimum atomic E-state index is -0.358. The fraction of sp³-hybridized carbons (Fsp3) is 0.231. The van der Waals surface area contributed by atoms with Gasteiger partial charge in [-0.1, -0.05) is 43.3 Å². The van der Waals surface area contributed by atoms with Gasteiger partial charge < -0.3 is 9.88 Å². The summed E-state index contributed by atoms with van der Waals surface area (Å²) in [5.41, 5.74) is 2.27. The van der Waals surface area contributed by atoms with E-state index in [1.165, 1.54) is 23.9 Å². The van der Waals surface area contributed by atoms with Crippen LogP contribution in [0.5, 0.6) is 0 Å². The number of nitrogens with zero attached hydrogens (tertiary/aromatic N) is 4. The summed E-state index contributed by atoms with van der Waals surface area (Å²) >= 11 is 0. The number of amides is 1. The number of benzene rings is 2. The van der Waals surface area contributed by atoms with Crippen LogP contribution in [0.4, 0.5) is 4.39 Å². The van der Waals surface area contributed by atoms with Gasteiger partial charge in [-0.15, -0.1) is 0 Å². The molecule has 2 heterocycles. The summed E-state index contributed by atoms with van der Waals surface area (Å²) in [6.07, 6.45) is 6.05. The minimum absolute atomic E-state index is 0.201. The molecule has 7 heteroatoms. The third kappa shape index (κ3) is 5.56. The van der Waals surface area contributed by atoms with Crippen molar-refractivity contribution in [3.63, 3.8) is 0 Å². The number of carbonyl (C=O) groups is 1. The molecular formula is C26H28FN5O. The van der Waals surface area contributed by atoms with E-state index in [0.29, 0.717) is 23.6 Å². The lowest BCUT2D eigenvalue weighted by molar-refractivity contribution is 0.0951. The molecule has 0 spiro atoms. The van der Waals surface area contributed by atoms with Crippen molar-refractivity contribution in [3.8, 4) is 11.5 Å². The minimum Gasteiger partial charge on any atom is -0.352 e. The van der Waals surface area contributed by atoms with Crippen LogP contribution in [0.1, 0.15) is 29.3 Å². The summed E-state index contributed by atoms with van der Waals surface area (Å²) in [5, 5.41) is 7.40. The van der Waals surface area contributed by atoms with Crippen molar-refractivity contribution in [2.75, 3.05) is 19.6 Å². The molecule has 0 unspecified atom stereocenters. The Morgan fingerprint density at radius 1 is 1.06 bits per heavy atom. The molecule has 1 N–H and O–H groups in total. The number of aromatic nitrogens is 3. The topological polar surface area (TPSA) is 55.1 Å². The SMILES string of the molecule is CCN(CCCNC(=O)c1cnn(-c2cccc(F)c2)c1-n1cccc1)Cc1ccccc1. The summed E-state index contributed by atoms with van der Waals surface area (Å²) < 4.78 is 17.2. The number of hydrogen-bond donors (Lipinski definition) is 1. The van der Waals surface area contributed by atoms with Gasteiger partial charge in [0.2, 0.25) is 0 Å². The monoisotopic (exact) mass is 445 g/mol. The molecule has 1 amide bonds. The first-order valence-electron chi connectivity index (χ1n) is 11.2. The van der Waals surface area contributed by atoms with E-state index in [4.69, 9.17) is 0 Å². The molecule has 0 saturated heterocycles. The zero-order valence-corrected chi connectivity index (χ0v) is 18.7. The van der Waals surface area contributed by atoms with E-state index in [-0.39, 0.29) is 11.7 Å². The normalized spacial score (nSPS) is 11.1. The Hall–Kier alpha value is -3.71. The van der Waals surface area contributed by atoms with Crippen molar-refractivity contribution < 1.29 is 9.18 Å².